The molecule has 0 fully saturated rings. The van der Waals surface area contributed by atoms with E-state index in [2.05, 4.69) is 0 Å². The third kappa shape index (κ3) is 1.44. The highest BCUT2D eigenvalue weighted by Gasteiger charge is 2.08. The summed E-state index contributed by atoms with van der Waals surface area (Å²) in [5.41, 5.74) is 5.21. The molecule has 0 aliphatic carbocycles. The second kappa shape index (κ2) is 3.07. The molecular formula is C7H7ClFNO. The first-order chi connectivity index (χ1) is 5.16. The molecule has 2 nitrogen and oxygen atoms in total. The maximum atomic E-state index is 12.7. The maximum absolute atomic E-state index is 12.7. The highest BCUT2D eigenvalue weighted by atomic mass is 35.5. The smallest absolute Gasteiger partial charge is 0.141 e. The summed E-state index contributed by atoms with van der Waals surface area (Å²) in [7, 11) is 0. The number of phenols is 1. The van der Waals surface area contributed by atoms with Crippen LogP contribution in [0, 0.1) is 5.82 Å². The molecule has 0 aliphatic heterocycles. The number of rotatable bonds is 1. The standard InChI is InChI=1S/C7H7ClFNO/c8-5-1-2-6(9)4(3-10)7(5)11/h1-2,11H,3,10H2. The summed E-state index contributed by atoms with van der Waals surface area (Å²) in [5, 5.41) is 9.24. The van der Waals surface area contributed by atoms with Gasteiger partial charge in [0.25, 0.3) is 0 Å². The van der Waals surface area contributed by atoms with Crippen LogP contribution in [-0.2, 0) is 6.54 Å². The highest BCUT2D eigenvalue weighted by Crippen LogP contribution is 2.28. The topological polar surface area (TPSA) is 46.2 Å². The molecule has 0 saturated heterocycles. The van der Waals surface area contributed by atoms with Crippen LogP contribution in [0.3, 0.4) is 0 Å². The van der Waals surface area contributed by atoms with Crippen LogP contribution in [0.5, 0.6) is 5.75 Å². The summed E-state index contributed by atoms with van der Waals surface area (Å²) in [6.45, 7) is -0.0573. The van der Waals surface area contributed by atoms with E-state index < -0.39 is 5.82 Å². The van der Waals surface area contributed by atoms with Crippen LogP contribution in [0.15, 0.2) is 12.1 Å². The van der Waals surface area contributed by atoms with Gasteiger partial charge in [-0.25, -0.2) is 4.39 Å². The van der Waals surface area contributed by atoms with Gasteiger partial charge in [0.2, 0.25) is 0 Å². The van der Waals surface area contributed by atoms with Gasteiger partial charge in [-0.1, -0.05) is 11.6 Å². The Bertz CT molecular complexity index is 277. The van der Waals surface area contributed by atoms with Crippen molar-refractivity contribution >= 4 is 11.6 Å². The van der Waals surface area contributed by atoms with Gasteiger partial charge in [0.05, 0.1) is 5.02 Å². The molecule has 0 bridgehead atoms. The minimum Gasteiger partial charge on any atom is -0.506 e. The lowest BCUT2D eigenvalue weighted by atomic mass is 10.2. The Hall–Kier alpha value is -0.800. The van der Waals surface area contributed by atoms with Gasteiger partial charge in [-0.2, -0.15) is 0 Å². The van der Waals surface area contributed by atoms with Gasteiger partial charge in [-0.3, -0.25) is 0 Å². The normalized spacial score (nSPS) is 10.1. The van der Waals surface area contributed by atoms with E-state index in [4.69, 9.17) is 22.4 Å². The molecule has 1 rings (SSSR count). The minimum absolute atomic E-state index is 0.0532. The molecule has 0 radical (unpaired) electrons. The van der Waals surface area contributed by atoms with E-state index in [1.54, 1.807) is 0 Å². The zero-order chi connectivity index (χ0) is 8.43. The summed E-state index contributed by atoms with van der Waals surface area (Å²) >= 11 is 5.49. The molecule has 0 atom stereocenters. The van der Waals surface area contributed by atoms with Crippen LogP contribution < -0.4 is 5.73 Å². The fraction of sp³-hybridized carbons (Fsp3) is 0.143. The monoisotopic (exact) mass is 175 g/mol. The summed E-state index contributed by atoms with van der Waals surface area (Å²) in [6, 6.07) is 2.45. The van der Waals surface area contributed by atoms with Crippen molar-refractivity contribution in [2.24, 2.45) is 5.73 Å². The first kappa shape index (κ1) is 8.30. The summed E-state index contributed by atoms with van der Waals surface area (Å²) in [6.07, 6.45) is 0. The van der Waals surface area contributed by atoms with Crippen molar-refractivity contribution in [2.75, 3.05) is 0 Å². The molecule has 1 aromatic rings. The van der Waals surface area contributed by atoms with Crippen LogP contribution in [0.2, 0.25) is 5.02 Å². The molecule has 1 aromatic carbocycles. The fourth-order valence-electron chi connectivity index (χ4n) is 0.777. The number of phenolic OH excluding ortho intramolecular Hbond substituents is 1. The van der Waals surface area contributed by atoms with E-state index in [9.17, 15) is 4.39 Å². The van der Waals surface area contributed by atoms with Crippen molar-refractivity contribution in [3.05, 3.63) is 28.5 Å². The molecule has 4 heteroatoms. The number of benzene rings is 1. The molecule has 3 N–H and O–H groups in total. The van der Waals surface area contributed by atoms with Gasteiger partial charge in [-0.15, -0.1) is 0 Å². The predicted octanol–water partition coefficient (Wildman–Crippen LogP) is 1.64. The third-order valence-electron chi connectivity index (χ3n) is 1.38. The number of nitrogens with two attached hydrogens (primary N) is 1. The summed E-state index contributed by atoms with van der Waals surface area (Å²) in [5.74, 6) is -0.802. The van der Waals surface area contributed by atoms with Gasteiger partial charge in [-0.05, 0) is 12.1 Å². The van der Waals surface area contributed by atoms with Crippen molar-refractivity contribution < 1.29 is 9.50 Å². The Balaban J connectivity index is 3.29. The van der Waals surface area contributed by atoms with Crippen LogP contribution in [0.25, 0.3) is 0 Å². The van der Waals surface area contributed by atoms with Crippen LogP contribution >= 0.6 is 11.6 Å². The molecule has 0 unspecified atom stereocenters. The molecular weight excluding hydrogens is 169 g/mol. The molecule has 11 heavy (non-hydrogen) atoms. The van der Waals surface area contributed by atoms with Gasteiger partial charge >= 0.3 is 0 Å². The van der Waals surface area contributed by atoms with Crippen LogP contribution in [-0.4, -0.2) is 5.11 Å². The maximum Gasteiger partial charge on any atom is 0.141 e. The summed E-state index contributed by atoms with van der Waals surface area (Å²) < 4.78 is 12.7. The lowest BCUT2D eigenvalue weighted by molar-refractivity contribution is 0.459. The Morgan fingerprint density at radius 3 is 2.64 bits per heavy atom. The Morgan fingerprint density at radius 2 is 2.18 bits per heavy atom. The van der Waals surface area contributed by atoms with Gasteiger partial charge in [0, 0.05) is 12.1 Å². The number of hydrogen-bond donors (Lipinski definition) is 2. The average molecular weight is 176 g/mol. The molecule has 0 heterocycles. The lowest BCUT2D eigenvalue weighted by Crippen LogP contribution is -2.00. The molecule has 0 aromatic heterocycles. The van der Waals surface area contributed by atoms with Crippen LogP contribution in [0.1, 0.15) is 5.56 Å². The third-order valence-corrected chi connectivity index (χ3v) is 1.69. The van der Waals surface area contributed by atoms with E-state index in [1.807, 2.05) is 0 Å². The predicted molar refractivity (Wildman–Crippen MR) is 41.0 cm³/mol. The minimum atomic E-state index is -0.533. The zero-order valence-electron chi connectivity index (χ0n) is 5.64. The Morgan fingerprint density at radius 1 is 1.55 bits per heavy atom. The molecule has 60 valence electrons. The lowest BCUT2D eigenvalue weighted by Gasteiger charge is -2.03. The van der Waals surface area contributed by atoms with E-state index in [0.717, 1.165) is 0 Å². The van der Waals surface area contributed by atoms with Crippen molar-refractivity contribution in [1.82, 2.24) is 0 Å². The van der Waals surface area contributed by atoms with E-state index >= 15 is 0 Å². The van der Waals surface area contributed by atoms with Crippen molar-refractivity contribution in [3.63, 3.8) is 0 Å². The summed E-state index contributed by atoms with van der Waals surface area (Å²) in [4.78, 5) is 0. The van der Waals surface area contributed by atoms with Crippen molar-refractivity contribution in [2.45, 2.75) is 6.54 Å². The van der Waals surface area contributed by atoms with Gasteiger partial charge < -0.3 is 10.8 Å². The second-order valence-corrected chi connectivity index (χ2v) is 2.47. The van der Waals surface area contributed by atoms with E-state index in [-0.39, 0.29) is 22.9 Å². The quantitative estimate of drug-likeness (QED) is 0.682. The largest absolute Gasteiger partial charge is 0.506 e. The van der Waals surface area contributed by atoms with Crippen molar-refractivity contribution in [1.29, 1.82) is 0 Å². The molecule has 0 saturated carbocycles. The first-order valence-electron chi connectivity index (χ1n) is 3.02. The van der Waals surface area contributed by atoms with Crippen molar-refractivity contribution in [3.8, 4) is 5.75 Å². The SMILES string of the molecule is NCc1c(F)ccc(Cl)c1O. The molecule has 0 spiro atoms. The molecule has 0 aliphatic rings. The fourth-order valence-corrected chi connectivity index (χ4v) is 0.954. The van der Waals surface area contributed by atoms with Gasteiger partial charge in [0.15, 0.2) is 0 Å². The number of hydrogen-bond acceptors (Lipinski definition) is 2. The van der Waals surface area contributed by atoms with E-state index in [0.29, 0.717) is 0 Å². The average Bonchev–Trinajstić information content (AvgIpc) is 1.99. The van der Waals surface area contributed by atoms with Gasteiger partial charge in [0.1, 0.15) is 11.6 Å². The second-order valence-electron chi connectivity index (χ2n) is 2.06. The number of halogens is 2. The Labute approximate surface area is 68.4 Å². The van der Waals surface area contributed by atoms with Crippen LogP contribution in [0.4, 0.5) is 4.39 Å². The van der Waals surface area contributed by atoms with E-state index in [1.165, 1.54) is 12.1 Å². The molecule has 0 amide bonds. The number of aromatic hydroxyl groups is 1. The Kier molecular flexibility index (Phi) is 2.31. The zero-order valence-corrected chi connectivity index (χ0v) is 6.40. The first-order valence-corrected chi connectivity index (χ1v) is 3.40. The highest BCUT2D eigenvalue weighted by molar-refractivity contribution is 6.32.